The number of carbonyl (C=O) groups excluding carboxylic acids is 2. The van der Waals surface area contributed by atoms with Crippen molar-refractivity contribution in [1.82, 2.24) is 10.2 Å². The van der Waals surface area contributed by atoms with Gasteiger partial charge in [-0.2, -0.15) is 0 Å². The lowest BCUT2D eigenvalue weighted by Gasteiger charge is -2.41. The summed E-state index contributed by atoms with van der Waals surface area (Å²) in [6.07, 6.45) is 4.69. The van der Waals surface area contributed by atoms with Crippen LogP contribution in [0.5, 0.6) is 0 Å². The van der Waals surface area contributed by atoms with Gasteiger partial charge in [0.2, 0.25) is 5.91 Å². The van der Waals surface area contributed by atoms with Crippen molar-refractivity contribution in [3.8, 4) is 0 Å². The number of nitrogens with two attached hydrogens (primary N) is 1. The van der Waals surface area contributed by atoms with Gasteiger partial charge >= 0.3 is 0 Å². The number of para-hydroxylation sites is 1. The Morgan fingerprint density at radius 1 is 1.00 bits per heavy atom. The summed E-state index contributed by atoms with van der Waals surface area (Å²) in [7, 11) is 0. The fourth-order valence-electron chi connectivity index (χ4n) is 5.96. The van der Waals surface area contributed by atoms with Gasteiger partial charge in [0, 0.05) is 42.3 Å². The van der Waals surface area contributed by atoms with E-state index in [2.05, 4.69) is 27.7 Å². The summed E-state index contributed by atoms with van der Waals surface area (Å²) in [5, 5.41) is 6.77. The topological polar surface area (TPSA) is 87.5 Å². The number of anilines is 1. The van der Waals surface area contributed by atoms with Crippen LogP contribution in [-0.2, 0) is 4.79 Å². The molecule has 1 saturated carbocycles. The summed E-state index contributed by atoms with van der Waals surface area (Å²) < 4.78 is 0. The number of hydrogen-bond donors (Lipinski definition) is 3. The van der Waals surface area contributed by atoms with Gasteiger partial charge in [-0.1, -0.05) is 49.2 Å². The van der Waals surface area contributed by atoms with Crippen LogP contribution in [0.15, 0.2) is 54.6 Å². The maximum absolute atomic E-state index is 13.9. The molecule has 5 atom stereocenters. The predicted molar refractivity (Wildman–Crippen MR) is 125 cm³/mol. The molecule has 6 nitrogen and oxygen atoms in total. The Kier molecular flexibility index (Phi) is 5.87. The van der Waals surface area contributed by atoms with E-state index in [1.165, 1.54) is 5.56 Å². The molecular formula is C26H32N4O2. The zero-order valence-corrected chi connectivity index (χ0v) is 18.4. The zero-order chi connectivity index (χ0) is 22.1. The van der Waals surface area contributed by atoms with Crippen LogP contribution in [0.2, 0.25) is 0 Å². The number of amides is 2. The molecule has 1 saturated heterocycles. The van der Waals surface area contributed by atoms with E-state index < -0.39 is 0 Å². The van der Waals surface area contributed by atoms with Crippen molar-refractivity contribution >= 4 is 17.5 Å². The van der Waals surface area contributed by atoms with Crippen LogP contribution in [-0.4, -0.2) is 41.9 Å². The molecule has 168 valence electrons. The first-order valence-electron chi connectivity index (χ1n) is 11.9. The largest absolute Gasteiger partial charge is 0.380 e. The first-order chi connectivity index (χ1) is 15.7. The second-order valence-electron chi connectivity index (χ2n) is 9.34. The fourth-order valence-corrected chi connectivity index (χ4v) is 5.96. The molecule has 32 heavy (non-hydrogen) atoms. The van der Waals surface area contributed by atoms with Crippen molar-refractivity contribution in [2.75, 3.05) is 18.4 Å². The molecule has 0 spiro atoms. The van der Waals surface area contributed by atoms with Gasteiger partial charge in [-0.3, -0.25) is 9.59 Å². The first-order valence-corrected chi connectivity index (χ1v) is 11.9. The van der Waals surface area contributed by atoms with Gasteiger partial charge < -0.3 is 21.3 Å². The minimum Gasteiger partial charge on any atom is -0.380 e. The van der Waals surface area contributed by atoms with Crippen LogP contribution in [0.3, 0.4) is 0 Å². The Hall–Kier alpha value is -2.86. The molecule has 3 unspecified atom stereocenters. The molecule has 0 radical (unpaired) electrons. The van der Waals surface area contributed by atoms with Crippen LogP contribution in [0, 0.1) is 11.8 Å². The summed E-state index contributed by atoms with van der Waals surface area (Å²) >= 11 is 0. The normalized spacial score (nSPS) is 28.9. The van der Waals surface area contributed by atoms with Crippen LogP contribution >= 0.6 is 0 Å². The smallest absolute Gasteiger partial charge is 0.251 e. The van der Waals surface area contributed by atoms with Gasteiger partial charge in [0.25, 0.3) is 5.91 Å². The third-order valence-electron chi connectivity index (χ3n) is 7.55. The third-order valence-corrected chi connectivity index (χ3v) is 7.55. The molecule has 2 aromatic carbocycles. The van der Waals surface area contributed by atoms with Crippen molar-refractivity contribution in [2.45, 2.75) is 50.2 Å². The molecular weight excluding hydrogens is 400 g/mol. The number of benzene rings is 2. The van der Waals surface area contributed by atoms with E-state index in [-0.39, 0.29) is 35.9 Å². The molecule has 5 rings (SSSR count). The molecule has 0 bridgehead atoms. The summed E-state index contributed by atoms with van der Waals surface area (Å²) in [5.41, 5.74) is 9.01. The van der Waals surface area contributed by atoms with E-state index in [1.807, 2.05) is 42.5 Å². The Bertz CT molecular complexity index is 979. The highest BCUT2D eigenvalue weighted by molar-refractivity contribution is 5.94. The maximum Gasteiger partial charge on any atom is 0.251 e. The van der Waals surface area contributed by atoms with Crippen LogP contribution in [0.4, 0.5) is 5.69 Å². The number of hydrogen-bond acceptors (Lipinski definition) is 4. The molecule has 6 heteroatoms. The van der Waals surface area contributed by atoms with Gasteiger partial charge in [0.1, 0.15) is 0 Å². The number of nitrogens with zero attached hydrogens (tertiary/aromatic N) is 1. The van der Waals surface area contributed by atoms with Crippen LogP contribution in [0.25, 0.3) is 0 Å². The Morgan fingerprint density at radius 3 is 2.56 bits per heavy atom. The van der Waals surface area contributed by atoms with Crippen molar-refractivity contribution in [3.63, 3.8) is 0 Å². The molecule has 2 fully saturated rings. The maximum atomic E-state index is 13.9. The van der Waals surface area contributed by atoms with Crippen molar-refractivity contribution in [2.24, 2.45) is 17.6 Å². The SMILES string of the molecule is NCC1Nc2ccccc2C2C1CCN2C(=O)[C@H]1CCCC[C@H]1NC(=O)c1ccccc1. The van der Waals surface area contributed by atoms with E-state index in [4.69, 9.17) is 5.73 Å². The molecule has 2 amide bonds. The molecule has 0 aromatic heterocycles. The monoisotopic (exact) mass is 432 g/mol. The average molecular weight is 433 g/mol. The zero-order valence-electron chi connectivity index (χ0n) is 18.4. The Balaban J connectivity index is 1.38. The summed E-state index contributed by atoms with van der Waals surface area (Å²) in [6.45, 7) is 1.30. The number of nitrogens with one attached hydrogen (secondary N) is 2. The molecule has 3 aliphatic rings. The lowest BCUT2D eigenvalue weighted by molar-refractivity contribution is -0.138. The van der Waals surface area contributed by atoms with E-state index in [1.54, 1.807) is 0 Å². The third kappa shape index (κ3) is 3.77. The molecule has 2 aromatic rings. The average Bonchev–Trinajstić information content (AvgIpc) is 3.29. The van der Waals surface area contributed by atoms with Crippen molar-refractivity contribution in [1.29, 1.82) is 0 Å². The van der Waals surface area contributed by atoms with Gasteiger partial charge in [-0.15, -0.1) is 0 Å². The van der Waals surface area contributed by atoms with E-state index >= 15 is 0 Å². The number of likely N-dealkylation sites (tertiary alicyclic amines) is 1. The summed E-state index contributed by atoms with van der Waals surface area (Å²) in [5.74, 6) is 0.237. The summed E-state index contributed by atoms with van der Waals surface area (Å²) in [4.78, 5) is 28.8. The van der Waals surface area contributed by atoms with Crippen LogP contribution in [0.1, 0.15) is 54.1 Å². The van der Waals surface area contributed by atoms with Crippen LogP contribution < -0.4 is 16.4 Å². The predicted octanol–water partition coefficient (Wildman–Crippen LogP) is 3.32. The Labute approximate surface area is 189 Å². The highest BCUT2D eigenvalue weighted by Crippen LogP contribution is 2.47. The first kappa shape index (κ1) is 21.0. The van der Waals surface area contributed by atoms with Gasteiger partial charge in [-0.05, 0) is 43.0 Å². The van der Waals surface area contributed by atoms with Gasteiger partial charge in [-0.25, -0.2) is 0 Å². The highest BCUT2D eigenvalue weighted by Gasteiger charge is 2.47. The molecule has 4 N–H and O–H groups in total. The number of carbonyl (C=O) groups is 2. The number of fused-ring (bicyclic) bond motifs is 3. The summed E-state index contributed by atoms with van der Waals surface area (Å²) in [6, 6.07) is 17.7. The van der Waals surface area contributed by atoms with E-state index in [0.717, 1.165) is 44.3 Å². The Morgan fingerprint density at radius 2 is 1.75 bits per heavy atom. The quantitative estimate of drug-likeness (QED) is 0.692. The standard InChI is InChI=1S/C26H32N4O2/c27-16-23-19-14-15-30(24(19)18-10-4-6-12-21(18)28-23)26(32)20-11-5-7-13-22(20)29-25(31)17-8-2-1-3-9-17/h1-4,6,8-10,12,19-20,22-24,28H,5,7,11,13-16,27H2,(H,29,31)/t19?,20-,22+,23?,24?/m0/s1. The second-order valence-corrected chi connectivity index (χ2v) is 9.34. The minimum absolute atomic E-state index is 0.0564. The lowest BCUT2D eigenvalue weighted by atomic mass is 9.81. The second kappa shape index (κ2) is 8.94. The van der Waals surface area contributed by atoms with Crippen molar-refractivity contribution < 1.29 is 9.59 Å². The van der Waals surface area contributed by atoms with Gasteiger partial charge in [0.15, 0.2) is 0 Å². The highest BCUT2D eigenvalue weighted by atomic mass is 16.2. The molecule has 2 heterocycles. The lowest BCUT2D eigenvalue weighted by Crippen LogP contribution is -2.51. The molecule has 1 aliphatic carbocycles. The van der Waals surface area contributed by atoms with Crippen molar-refractivity contribution in [3.05, 3.63) is 65.7 Å². The van der Waals surface area contributed by atoms with E-state index in [0.29, 0.717) is 18.0 Å². The molecule has 2 aliphatic heterocycles. The fraction of sp³-hybridized carbons (Fsp3) is 0.462. The van der Waals surface area contributed by atoms with Gasteiger partial charge in [0.05, 0.1) is 12.0 Å². The van der Waals surface area contributed by atoms with E-state index in [9.17, 15) is 9.59 Å². The minimum atomic E-state index is -0.173. The number of rotatable bonds is 4.